The van der Waals surface area contributed by atoms with Crippen LogP contribution in [0.2, 0.25) is 0 Å². The van der Waals surface area contributed by atoms with Gasteiger partial charge in [-0.25, -0.2) is 23.5 Å². The SMILES string of the molecule is CCCCOC(=O)N1CC2CC1C2n1c(CC)nc2c(-c3cc(C(=O)NC)ccc3F)nc3c(F)c(Br)c(CCC#N)cc3c21. The average molecular weight is 680 g/mol. The van der Waals surface area contributed by atoms with E-state index in [-0.39, 0.29) is 57.3 Å². The van der Waals surface area contributed by atoms with Crippen molar-refractivity contribution in [3.05, 3.63) is 57.3 Å². The molecular weight excluding hydrogens is 646 g/mol. The third-order valence-corrected chi connectivity index (χ3v) is 9.84. The number of fused-ring (bicyclic) bond motifs is 4. The Morgan fingerprint density at radius 2 is 2.00 bits per heavy atom. The summed E-state index contributed by atoms with van der Waals surface area (Å²) in [7, 11) is 1.49. The van der Waals surface area contributed by atoms with Crippen LogP contribution >= 0.6 is 15.9 Å². The molecule has 234 valence electrons. The fourth-order valence-electron chi connectivity index (χ4n) is 6.72. The number of pyridine rings is 1. The minimum atomic E-state index is -0.630. The molecule has 12 heteroatoms. The van der Waals surface area contributed by atoms with Gasteiger partial charge in [0.25, 0.3) is 5.91 Å². The predicted octanol–water partition coefficient (Wildman–Crippen LogP) is 6.85. The first kappa shape index (κ1) is 30.9. The number of rotatable bonds is 9. The number of benzene rings is 2. The van der Waals surface area contributed by atoms with Gasteiger partial charge in [-0.2, -0.15) is 5.26 Å². The topological polar surface area (TPSA) is 113 Å². The van der Waals surface area contributed by atoms with E-state index >= 15 is 8.78 Å². The Bertz CT molecular complexity index is 1890. The molecule has 2 aromatic heterocycles. The first-order chi connectivity index (χ1) is 21.7. The normalized spacial score (nSPS) is 18.7. The average Bonchev–Trinajstić information content (AvgIpc) is 3.75. The van der Waals surface area contributed by atoms with Crippen LogP contribution in [0.5, 0.6) is 0 Å². The van der Waals surface area contributed by atoms with Crippen LogP contribution < -0.4 is 5.32 Å². The van der Waals surface area contributed by atoms with Crippen LogP contribution in [0.4, 0.5) is 13.6 Å². The molecule has 3 unspecified atom stereocenters. The van der Waals surface area contributed by atoms with Crippen LogP contribution in [0.1, 0.15) is 67.3 Å². The van der Waals surface area contributed by atoms with Gasteiger partial charge in [-0.15, -0.1) is 0 Å². The number of nitriles is 1. The van der Waals surface area contributed by atoms with Crippen LogP contribution in [0, 0.1) is 28.9 Å². The second-order valence-corrected chi connectivity index (χ2v) is 12.4. The quantitative estimate of drug-likeness (QED) is 0.194. The first-order valence-corrected chi connectivity index (χ1v) is 16.1. The van der Waals surface area contributed by atoms with Crippen LogP contribution in [-0.4, -0.2) is 57.7 Å². The van der Waals surface area contributed by atoms with Crippen molar-refractivity contribution in [1.29, 1.82) is 5.26 Å². The summed E-state index contributed by atoms with van der Waals surface area (Å²) in [5, 5.41) is 12.3. The van der Waals surface area contributed by atoms with E-state index in [4.69, 9.17) is 9.72 Å². The predicted molar refractivity (Wildman–Crippen MR) is 169 cm³/mol. The lowest BCUT2D eigenvalue weighted by Gasteiger charge is -2.38. The van der Waals surface area contributed by atoms with Gasteiger partial charge in [0.1, 0.15) is 28.4 Å². The first-order valence-electron chi connectivity index (χ1n) is 15.3. The second kappa shape index (κ2) is 12.4. The molecule has 0 spiro atoms. The number of ether oxygens (including phenoxy) is 1. The summed E-state index contributed by atoms with van der Waals surface area (Å²) in [6.07, 6.45) is 3.21. The Balaban J connectivity index is 1.61. The molecule has 2 saturated heterocycles. The monoisotopic (exact) mass is 678 g/mol. The van der Waals surface area contributed by atoms with Gasteiger partial charge < -0.3 is 19.5 Å². The van der Waals surface area contributed by atoms with E-state index in [2.05, 4.69) is 36.9 Å². The Morgan fingerprint density at radius 1 is 1.20 bits per heavy atom. The molecule has 3 aliphatic rings. The summed E-state index contributed by atoms with van der Waals surface area (Å²) in [4.78, 5) is 37.0. The molecule has 4 heterocycles. The van der Waals surface area contributed by atoms with Gasteiger partial charge in [0.2, 0.25) is 0 Å². The highest BCUT2D eigenvalue weighted by molar-refractivity contribution is 9.10. The van der Waals surface area contributed by atoms with Gasteiger partial charge in [-0.1, -0.05) is 20.3 Å². The zero-order valence-corrected chi connectivity index (χ0v) is 26.9. The molecule has 1 N–H and O–H groups in total. The van der Waals surface area contributed by atoms with Crippen molar-refractivity contribution in [3.63, 3.8) is 0 Å². The van der Waals surface area contributed by atoms with Gasteiger partial charge in [0.15, 0.2) is 5.82 Å². The Kier molecular flexibility index (Phi) is 8.48. The summed E-state index contributed by atoms with van der Waals surface area (Å²) >= 11 is 3.37. The highest BCUT2D eigenvalue weighted by atomic mass is 79.9. The van der Waals surface area contributed by atoms with E-state index in [1.165, 1.54) is 25.2 Å². The highest BCUT2D eigenvalue weighted by Gasteiger charge is 2.56. The number of carbonyl (C=O) groups is 2. The fraction of sp³-hybridized carbons (Fsp3) is 0.424. The molecule has 2 amide bonds. The van der Waals surface area contributed by atoms with Crippen molar-refractivity contribution in [1.82, 2.24) is 24.8 Å². The number of nitrogens with zero attached hydrogens (tertiary/aromatic N) is 5. The largest absolute Gasteiger partial charge is 0.449 e. The molecular formula is C33H33BrF2N6O3. The molecule has 3 fully saturated rings. The molecule has 45 heavy (non-hydrogen) atoms. The summed E-state index contributed by atoms with van der Waals surface area (Å²) in [5.41, 5.74) is 1.95. The molecule has 2 aliphatic heterocycles. The number of hydrogen-bond donors (Lipinski definition) is 1. The van der Waals surface area contributed by atoms with Gasteiger partial charge in [0.05, 0.1) is 34.7 Å². The summed E-state index contributed by atoms with van der Waals surface area (Å²) in [6, 6.07) is 7.65. The minimum Gasteiger partial charge on any atom is -0.449 e. The maximum absolute atomic E-state index is 16.2. The van der Waals surface area contributed by atoms with Crippen molar-refractivity contribution in [2.75, 3.05) is 20.2 Å². The summed E-state index contributed by atoms with van der Waals surface area (Å²) in [6.45, 7) is 4.90. The zero-order valence-electron chi connectivity index (χ0n) is 25.3. The van der Waals surface area contributed by atoms with E-state index in [1.807, 2.05) is 19.9 Å². The highest BCUT2D eigenvalue weighted by Crippen LogP contribution is 2.52. The number of hydrogen-bond acceptors (Lipinski definition) is 6. The van der Waals surface area contributed by atoms with Crippen LogP contribution in [0.3, 0.4) is 0 Å². The smallest absolute Gasteiger partial charge is 0.410 e. The third kappa shape index (κ3) is 5.11. The number of imidazole rings is 1. The number of unbranched alkanes of at least 4 members (excludes halogenated alkanes) is 1. The van der Waals surface area contributed by atoms with Crippen molar-refractivity contribution in [2.24, 2.45) is 5.92 Å². The van der Waals surface area contributed by atoms with Crippen molar-refractivity contribution in [3.8, 4) is 17.3 Å². The maximum atomic E-state index is 16.2. The fourth-order valence-corrected chi connectivity index (χ4v) is 7.22. The number of aromatic nitrogens is 3. The second-order valence-electron chi connectivity index (χ2n) is 11.6. The number of aryl methyl sites for hydroxylation is 2. The van der Waals surface area contributed by atoms with E-state index in [1.54, 1.807) is 4.90 Å². The molecule has 2 aromatic carbocycles. The van der Waals surface area contributed by atoms with Gasteiger partial charge >= 0.3 is 6.09 Å². The minimum absolute atomic E-state index is 0.0149. The van der Waals surface area contributed by atoms with E-state index in [0.717, 1.165) is 19.3 Å². The Morgan fingerprint density at radius 3 is 2.71 bits per heavy atom. The van der Waals surface area contributed by atoms with Gasteiger partial charge in [0, 0.05) is 48.9 Å². The molecule has 3 atom stereocenters. The van der Waals surface area contributed by atoms with Crippen molar-refractivity contribution < 1.29 is 23.1 Å². The lowest BCUT2D eigenvalue weighted by molar-refractivity contribution is 0.0891. The number of amides is 2. The Labute approximate surface area is 267 Å². The molecule has 9 nitrogen and oxygen atoms in total. The van der Waals surface area contributed by atoms with E-state index < -0.39 is 17.5 Å². The summed E-state index contributed by atoms with van der Waals surface area (Å²) < 4.78 is 39.6. The van der Waals surface area contributed by atoms with Crippen LogP contribution in [-0.2, 0) is 17.6 Å². The molecule has 1 saturated carbocycles. The number of carbonyl (C=O) groups excluding carboxylic acids is 2. The van der Waals surface area contributed by atoms with Crippen molar-refractivity contribution in [2.45, 2.75) is 64.5 Å². The van der Waals surface area contributed by atoms with Crippen molar-refractivity contribution >= 4 is 49.9 Å². The number of halogens is 3. The van der Waals surface area contributed by atoms with E-state index in [0.29, 0.717) is 53.8 Å². The zero-order chi connectivity index (χ0) is 32.0. The molecule has 0 radical (unpaired) electrons. The summed E-state index contributed by atoms with van der Waals surface area (Å²) in [5.74, 6) is -0.824. The lowest BCUT2D eigenvalue weighted by Crippen LogP contribution is -2.43. The van der Waals surface area contributed by atoms with Crippen LogP contribution in [0.25, 0.3) is 33.2 Å². The molecule has 1 aliphatic carbocycles. The van der Waals surface area contributed by atoms with E-state index in [9.17, 15) is 14.9 Å². The molecule has 7 rings (SSSR count). The third-order valence-electron chi connectivity index (χ3n) is 8.99. The van der Waals surface area contributed by atoms with Gasteiger partial charge in [-0.3, -0.25) is 4.79 Å². The molecule has 2 bridgehead atoms. The van der Waals surface area contributed by atoms with Crippen LogP contribution in [0.15, 0.2) is 28.7 Å². The number of nitrogens with one attached hydrogen (secondary N) is 1. The molecule has 4 aromatic rings. The lowest BCUT2D eigenvalue weighted by atomic mass is 9.79. The maximum Gasteiger partial charge on any atom is 0.410 e. The Hall–Kier alpha value is -4.11. The standard InChI is InChI=1S/C33H33BrF2N6O3/c1-4-6-12-45-33(44)41-16-19-15-23(41)30(19)42-24(5-2)39-29-28(20-14-18(32(43)38-3)9-10-22(20)35)40-27-21(31(29)42)13-17(8-7-11-37)25(34)26(27)36/h9-10,13-14,19,23,30H,4-8,12,15-16H2,1-3H3,(H,38,43). The van der Waals surface area contributed by atoms with Gasteiger partial charge in [-0.05, 0) is 65.0 Å².